The average Bonchev–Trinajstić information content (AvgIpc) is 3.22. The van der Waals surface area contributed by atoms with Crippen molar-refractivity contribution in [1.82, 2.24) is 9.47 Å². The van der Waals surface area contributed by atoms with Gasteiger partial charge in [0.2, 0.25) is 0 Å². The van der Waals surface area contributed by atoms with E-state index in [1.54, 1.807) is 0 Å². The summed E-state index contributed by atoms with van der Waals surface area (Å²) in [6, 6.07) is 20.0. The first-order valence-electron chi connectivity index (χ1n) is 12.0. The quantitative estimate of drug-likeness (QED) is 0.451. The van der Waals surface area contributed by atoms with Crippen molar-refractivity contribution < 1.29 is 19.1 Å². The van der Waals surface area contributed by atoms with Gasteiger partial charge in [-0.25, -0.2) is 0 Å². The maximum absolute atomic E-state index is 13.6. The van der Waals surface area contributed by atoms with E-state index >= 15 is 0 Å². The van der Waals surface area contributed by atoms with Crippen LogP contribution in [-0.2, 0) is 9.53 Å². The minimum Gasteiger partial charge on any atom is -0.494 e. The first kappa shape index (κ1) is 23.6. The van der Waals surface area contributed by atoms with Crippen molar-refractivity contribution in [2.75, 3.05) is 26.3 Å². The number of piperidine rings is 1. The number of hydrogen-bond acceptors (Lipinski definition) is 4. The van der Waals surface area contributed by atoms with E-state index in [9.17, 15) is 9.59 Å². The van der Waals surface area contributed by atoms with Gasteiger partial charge < -0.3 is 18.9 Å². The molecule has 1 amide bonds. The van der Waals surface area contributed by atoms with E-state index in [1.807, 2.05) is 74.2 Å². The maximum Gasteiger partial charge on any atom is 0.309 e. The molecule has 2 heterocycles. The molecule has 1 aliphatic rings. The highest BCUT2D eigenvalue weighted by Crippen LogP contribution is 2.32. The van der Waals surface area contributed by atoms with Crippen molar-refractivity contribution in [3.05, 3.63) is 71.9 Å². The SMILES string of the molecule is CCOC(=O)C1CCN(C(=O)c2cc(-c3ccccc3)n(-c3ccc(OCC)cc3)c2C)CC1. The van der Waals surface area contributed by atoms with Crippen molar-refractivity contribution >= 4 is 11.9 Å². The van der Waals surface area contributed by atoms with Gasteiger partial charge in [0.05, 0.1) is 30.4 Å². The molecule has 0 saturated carbocycles. The molecule has 2 aromatic carbocycles. The van der Waals surface area contributed by atoms with E-state index in [0.717, 1.165) is 28.4 Å². The van der Waals surface area contributed by atoms with Crippen LogP contribution in [-0.4, -0.2) is 47.6 Å². The third-order valence-corrected chi connectivity index (χ3v) is 6.36. The van der Waals surface area contributed by atoms with E-state index in [1.165, 1.54) is 0 Å². The van der Waals surface area contributed by atoms with Crippen molar-refractivity contribution in [2.45, 2.75) is 33.6 Å². The number of likely N-dealkylation sites (tertiary alicyclic amines) is 1. The molecule has 6 nitrogen and oxygen atoms in total. The van der Waals surface area contributed by atoms with Crippen LogP contribution >= 0.6 is 0 Å². The first-order valence-corrected chi connectivity index (χ1v) is 12.0. The number of ether oxygens (including phenoxy) is 2. The van der Waals surface area contributed by atoms with Crippen LogP contribution < -0.4 is 4.74 Å². The lowest BCUT2D eigenvalue weighted by atomic mass is 9.96. The fraction of sp³-hybridized carbons (Fsp3) is 0.357. The van der Waals surface area contributed by atoms with E-state index in [-0.39, 0.29) is 17.8 Å². The Morgan fingerprint density at radius 1 is 0.941 bits per heavy atom. The molecule has 0 bridgehead atoms. The van der Waals surface area contributed by atoms with Gasteiger partial charge in [0, 0.05) is 24.5 Å². The maximum atomic E-state index is 13.6. The Labute approximate surface area is 201 Å². The fourth-order valence-corrected chi connectivity index (χ4v) is 4.58. The highest BCUT2D eigenvalue weighted by molar-refractivity contribution is 5.97. The Balaban J connectivity index is 1.65. The van der Waals surface area contributed by atoms with Gasteiger partial charge in [0.15, 0.2) is 0 Å². The molecule has 0 unspecified atom stereocenters. The second kappa shape index (κ2) is 10.6. The number of aromatic nitrogens is 1. The van der Waals surface area contributed by atoms with Crippen molar-refractivity contribution in [2.24, 2.45) is 5.92 Å². The molecular formula is C28H32N2O4. The van der Waals surface area contributed by atoms with Crippen LogP contribution in [0.5, 0.6) is 5.75 Å². The third kappa shape index (κ3) is 4.86. The summed E-state index contributed by atoms with van der Waals surface area (Å²) < 4.78 is 12.9. The molecule has 0 spiro atoms. The largest absolute Gasteiger partial charge is 0.494 e. The lowest BCUT2D eigenvalue weighted by molar-refractivity contribution is -0.149. The summed E-state index contributed by atoms with van der Waals surface area (Å²) in [5.74, 6) is 0.539. The minimum atomic E-state index is -0.154. The Hall–Kier alpha value is -3.54. The van der Waals surface area contributed by atoms with Crippen LogP contribution in [0.2, 0.25) is 0 Å². The molecule has 0 radical (unpaired) electrons. The molecular weight excluding hydrogens is 428 g/mol. The van der Waals surface area contributed by atoms with E-state index in [2.05, 4.69) is 16.7 Å². The molecule has 0 atom stereocenters. The summed E-state index contributed by atoms with van der Waals surface area (Å²) >= 11 is 0. The van der Waals surface area contributed by atoms with Crippen molar-refractivity contribution in [3.8, 4) is 22.7 Å². The number of hydrogen-bond donors (Lipinski definition) is 0. The molecule has 1 fully saturated rings. The summed E-state index contributed by atoms with van der Waals surface area (Å²) in [6.07, 6.45) is 1.27. The topological polar surface area (TPSA) is 60.8 Å². The number of carbonyl (C=O) groups is 2. The summed E-state index contributed by atoms with van der Waals surface area (Å²) in [5, 5.41) is 0. The molecule has 0 aliphatic carbocycles. The van der Waals surface area contributed by atoms with Crippen molar-refractivity contribution in [1.29, 1.82) is 0 Å². The predicted octanol–water partition coefficient (Wildman–Crippen LogP) is 5.27. The smallest absolute Gasteiger partial charge is 0.309 e. The Kier molecular flexibility index (Phi) is 7.36. The van der Waals surface area contributed by atoms with Gasteiger partial charge in [-0.15, -0.1) is 0 Å². The highest BCUT2D eigenvalue weighted by Gasteiger charge is 2.30. The zero-order valence-electron chi connectivity index (χ0n) is 20.1. The molecule has 1 saturated heterocycles. The van der Waals surface area contributed by atoms with Gasteiger partial charge in [0.1, 0.15) is 5.75 Å². The number of carbonyl (C=O) groups excluding carboxylic acids is 2. The average molecular weight is 461 g/mol. The molecule has 1 aromatic heterocycles. The Bertz CT molecular complexity index is 1130. The summed E-state index contributed by atoms with van der Waals surface area (Å²) in [5.41, 5.74) is 4.55. The molecule has 1 aliphatic heterocycles. The van der Waals surface area contributed by atoms with Gasteiger partial charge in [0.25, 0.3) is 5.91 Å². The number of rotatable bonds is 7. The van der Waals surface area contributed by atoms with E-state index in [0.29, 0.717) is 44.7 Å². The van der Waals surface area contributed by atoms with Crippen LogP contribution in [0.25, 0.3) is 16.9 Å². The Morgan fingerprint density at radius 2 is 1.62 bits per heavy atom. The zero-order valence-corrected chi connectivity index (χ0v) is 20.1. The van der Waals surface area contributed by atoms with Crippen LogP contribution in [0.4, 0.5) is 0 Å². The highest BCUT2D eigenvalue weighted by atomic mass is 16.5. The number of benzene rings is 2. The molecule has 3 aromatic rings. The zero-order chi connectivity index (χ0) is 24.1. The second-order valence-corrected chi connectivity index (χ2v) is 8.48. The van der Waals surface area contributed by atoms with Crippen LogP contribution in [0.3, 0.4) is 0 Å². The Morgan fingerprint density at radius 3 is 2.24 bits per heavy atom. The second-order valence-electron chi connectivity index (χ2n) is 8.48. The molecule has 6 heteroatoms. The van der Waals surface area contributed by atoms with Gasteiger partial charge in [-0.3, -0.25) is 9.59 Å². The number of nitrogens with zero attached hydrogens (tertiary/aromatic N) is 2. The standard InChI is InChI=1S/C28H32N2O4/c1-4-33-24-13-11-23(12-14-24)30-20(3)25(19-26(30)21-9-7-6-8-10-21)27(31)29-17-15-22(16-18-29)28(32)34-5-2/h6-14,19,22H,4-5,15-18H2,1-3H3. The van der Waals surface area contributed by atoms with Crippen LogP contribution in [0.1, 0.15) is 42.7 Å². The summed E-state index contributed by atoms with van der Waals surface area (Å²) in [7, 11) is 0. The lowest BCUT2D eigenvalue weighted by Crippen LogP contribution is -2.40. The van der Waals surface area contributed by atoms with Crippen molar-refractivity contribution in [3.63, 3.8) is 0 Å². The molecule has 34 heavy (non-hydrogen) atoms. The predicted molar refractivity (Wildman–Crippen MR) is 132 cm³/mol. The van der Waals surface area contributed by atoms with Gasteiger partial charge in [-0.2, -0.15) is 0 Å². The van der Waals surface area contributed by atoms with Crippen LogP contribution in [0.15, 0.2) is 60.7 Å². The summed E-state index contributed by atoms with van der Waals surface area (Å²) in [4.78, 5) is 27.5. The first-order chi connectivity index (χ1) is 16.5. The molecule has 4 rings (SSSR count). The fourth-order valence-electron chi connectivity index (χ4n) is 4.58. The third-order valence-electron chi connectivity index (χ3n) is 6.36. The number of amides is 1. The van der Waals surface area contributed by atoms with Gasteiger partial charge >= 0.3 is 5.97 Å². The molecule has 178 valence electrons. The normalized spacial score (nSPS) is 14.1. The van der Waals surface area contributed by atoms with E-state index < -0.39 is 0 Å². The molecule has 0 N–H and O–H groups in total. The van der Waals surface area contributed by atoms with E-state index in [4.69, 9.17) is 9.47 Å². The van der Waals surface area contributed by atoms with Gasteiger partial charge in [-0.1, -0.05) is 30.3 Å². The lowest BCUT2D eigenvalue weighted by Gasteiger charge is -2.31. The monoisotopic (exact) mass is 460 g/mol. The van der Waals surface area contributed by atoms with Crippen LogP contribution in [0, 0.1) is 12.8 Å². The number of esters is 1. The minimum absolute atomic E-state index is 0.00155. The summed E-state index contributed by atoms with van der Waals surface area (Å²) in [6.45, 7) is 7.87. The van der Waals surface area contributed by atoms with Gasteiger partial charge in [-0.05, 0) is 69.5 Å².